The van der Waals surface area contributed by atoms with Gasteiger partial charge in [-0.3, -0.25) is 0 Å². The van der Waals surface area contributed by atoms with Crippen LogP contribution in [0.5, 0.6) is 0 Å². The number of aryl methyl sites for hydroxylation is 1. The maximum atomic E-state index is 9.91. The fraction of sp³-hybridized carbons (Fsp3) is 0.611. The average molecular weight is 305 g/mol. The average Bonchev–Trinajstić information content (AvgIpc) is 2.58. The zero-order chi connectivity index (χ0) is 16.2. The Hall–Kier alpha value is -1.39. The molecule has 2 rings (SSSR count). The first-order valence-corrected chi connectivity index (χ1v) is 8.40. The number of carbonyl (C=O) groups is 1. The van der Waals surface area contributed by atoms with Crippen LogP contribution >= 0.6 is 0 Å². The van der Waals surface area contributed by atoms with Crippen molar-refractivity contribution in [3.63, 3.8) is 0 Å². The molecule has 0 saturated carbocycles. The summed E-state index contributed by atoms with van der Waals surface area (Å²) in [7, 11) is 0. The molecule has 1 fully saturated rings. The lowest BCUT2D eigenvalue weighted by atomic mass is 10.1. The van der Waals surface area contributed by atoms with Gasteiger partial charge in [-0.2, -0.15) is 0 Å². The van der Waals surface area contributed by atoms with E-state index in [4.69, 9.17) is 0 Å². The van der Waals surface area contributed by atoms with Crippen LogP contribution in [-0.2, 0) is 4.79 Å². The molecule has 0 aliphatic carbocycles. The van der Waals surface area contributed by atoms with Crippen LogP contribution < -0.4 is 10.2 Å². The summed E-state index contributed by atoms with van der Waals surface area (Å²) in [6.07, 6.45) is 1.64. The number of anilines is 1. The molecule has 124 valence electrons. The van der Waals surface area contributed by atoms with E-state index in [-0.39, 0.29) is 0 Å². The number of benzene rings is 1. The van der Waals surface area contributed by atoms with Gasteiger partial charge in [0.1, 0.15) is 6.29 Å². The van der Waals surface area contributed by atoms with E-state index in [1.54, 1.807) is 0 Å². The summed E-state index contributed by atoms with van der Waals surface area (Å²) < 4.78 is 0. The summed E-state index contributed by atoms with van der Waals surface area (Å²) in [5.74, 6) is 0. The molecule has 0 aromatic heterocycles. The van der Waals surface area contributed by atoms with Gasteiger partial charge in [0.15, 0.2) is 0 Å². The highest BCUT2D eigenvalue weighted by atomic mass is 16.1. The van der Waals surface area contributed by atoms with Crippen molar-refractivity contribution in [2.75, 3.05) is 50.7 Å². The number of piperazine rings is 1. The number of carbonyl (C=O) groups excluding carboxylic acids is 1. The molecule has 1 aliphatic rings. The largest absolute Gasteiger partial charge is 0.369 e. The Bertz CT molecular complexity index is 413. The molecule has 22 heavy (non-hydrogen) atoms. The van der Waals surface area contributed by atoms with Crippen molar-refractivity contribution < 1.29 is 4.79 Å². The van der Waals surface area contributed by atoms with Crippen LogP contribution in [0.15, 0.2) is 24.3 Å². The Morgan fingerprint density at radius 1 is 1.18 bits per heavy atom. The number of hydrogen-bond acceptors (Lipinski definition) is 4. The molecule has 1 heterocycles. The Kier molecular flexibility index (Phi) is 9.51. The predicted octanol–water partition coefficient (Wildman–Crippen LogP) is 2.32. The van der Waals surface area contributed by atoms with Crippen LogP contribution in [0.4, 0.5) is 5.69 Å². The molecule has 1 aliphatic heterocycles. The highest BCUT2D eigenvalue weighted by molar-refractivity contribution is 5.53. The van der Waals surface area contributed by atoms with Crippen LogP contribution in [0.3, 0.4) is 0 Å². The molecule has 1 N–H and O–H groups in total. The van der Waals surface area contributed by atoms with Gasteiger partial charge in [0, 0.05) is 44.8 Å². The Morgan fingerprint density at radius 3 is 2.36 bits per heavy atom. The van der Waals surface area contributed by atoms with Crippen LogP contribution in [0.2, 0.25) is 0 Å². The fourth-order valence-electron chi connectivity index (χ4n) is 2.60. The lowest BCUT2D eigenvalue weighted by Crippen LogP contribution is -2.43. The summed E-state index contributed by atoms with van der Waals surface area (Å²) in [5, 5.41) is 3.36. The van der Waals surface area contributed by atoms with E-state index in [9.17, 15) is 4.79 Å². The second-order valence-corrected chi connectivity index (χ2v) is 5.51. The molecule has 0 radical (unpaired) electrons. The highest BCUT2D eigenvalue weighted by Gasteiger charge is 2.11. The van der Waals surface area contributed by atoms with Crippen LogP contribution in [-0.4, -0.2) is 57.0 Å². The van der Waals surface area contributed by atoms with E-state index in [1.807, 2.05) is 0 Å². The first-order chi connectivity index (χ1) is 10.7. The summed E-state index contributed by atoms with van der Waals surface area (Å²) in [6.45, 7) is 13.9. The van der Waals surface area contributed by atoms with Crippen molar-refractivity contribution in [3.8, 4) is 0 Å². The van der Waals surface area contributed by atoms with E-state index >= 15 is 0 Å². The van der Waals surface area contributed by atoms with Gasteiger partial charge in [0.25, 0.3) is 0 Å². The summed E-state index contributed by atoms with van der Waals surface area (Å²) >= 11 is 0. The van der Waals surface area contributed by atoms with Crippen molar-refractivity contribution in [2.45, 2.75) is 27.2 Å². The lowest BCUT2D eigenvalue weighted by molar-refractivity contribution is -0.108. The molecule has 4 heteroatoms. The first-order valence-electron chi connectivity index (χ1n) is 8.40. The molecule has 4 nitrogen and oxygen atoms in total. The Balaban J connectivity index is 0.000000239. The molecule has 0 bridgehead atoms. The normalized spacial score (nSPS) is 14.5. The van der Waals surface area contributed by atoms with Gasteiger partial charge in [-0.25, -0.2) is 0 Å². The van der Waals surface area contributed by atoms with Crippen molar-refractivity contribution in [2.24, 2.45) is 0 Å². The third-order valence-electron chi connectivity index (χ3n) is 4.03. The van der Waals surface area contributed by atoms with E-state index in [2.05, 4.69) is 60.2 Å². The van der Waals surface area contributed by atoms with Crippen LogP contribution in [0, 0.1) is 6.92 Å². The van der Waals surface area contributed by atoms with Gasteiger partial charge >= 0.3 is 0 Å². The maximum absolute atomic E-state index is 9.91. The minimum Gasteiger partial charge on any atom is -0.369 e. The smallest absolute Gasteiger partial charge is 0.121 e. The Morgan fingerprint density at radius 2 is 1.82 bits per heavy atom. The fourth-order valence-corrected chi connectivity index (χ4v) is 2.60. The zero-order valence-electron chi connectivity index (χ0n) is 14.3. The lowest BCUT2D eigenvalue weighted by Gasteiger charge is -2.30. The van der Waals surface area contributed by atoms with Crippen LogP contribution in [0.1, 0.15) is 25.8 Å². The molecule has 0 unspecified atom stereocenters. The van der Waals surface area contributed by atoms with Gasteiger partial charge in [0.2, 0.25) is 0 Å². The number of aldehydes is 1. The van der Waals surface area contributed by atoms with Crippen molar-refractivity contribution >= 4 is 12.0 Å². The van der Waals surface area contributed by atoms with E-state index < -0.39 is 0 Å². The van der Waals surface area contributed by atoms with Gasteiger partial charge in [-0.1, -0.05) is 32.0 Å². The van der Waals surface area contributed by atoms with E-state index in [0.29, 0.717) is 6.42 Å². The quantitative estimate of drug-likeness (QED) is 0.818. The first kappa shape index (κ1) is 18.7. The van der Waals surface area contributed by atoms with E-state index in [1.165, 1.54) is 11.3 Å². The highest BCUT2D eigenvalue weighted by Crippen LogP contribution is 2.19. The third-order valence-corrected chi connectivity index (χ3v) is 4.03. The molecule has 0 amide bonds. The molecule has 1 aromatic carbocycles. The number of rotatable bonds is 6. The minimum atomic E-state index is 0.668. The van der Waals surface area contributed by atoms with Gasteiger partial charge in [-0.05, 0) is 31.6 Å². The monoisotopic (exact) mass is 305 g/mol. The third kappa shape index (κ3) is 6.58. The standard InChI is InChI=1S/C11H16N2.C7H15NO/c1-10-4-2-3-5-11(10)13-8-6-12-7-9-13;1-3-8(4-2)6-5-7-9/h2-5,12H,6-9H2,1H3;7H,3-6H2,1-2H3. The number of hydrogen-bond donors (Lipinski definition) is 1. The van der Waals surface area contributed by atoms with E-state index in [0.717, 1.165) is 52.1 Å². The van der Waals surface area contributed by atoms with Gasteiger partial charge < -0.3 is 19.9 Å². The predicted molar refractivity (Wildman–Crippen MR) is 94.7 cm³/mol. The summed E-state index contributed by atoms with van der Waals surface area (Å²) in [5.41, 5.74) is 2.77. The molecular weight excluding hydrogens is 274 g/mol. The second kappa shape index (κ2) is 11.2. The topological polar surface area (TPSA) is 35.6 Å². The molecule has 0 spiro atoms. The number of nitrogens with one attached hydrogen (secondary N) is 1. The summed E-state index contributed by atoms with van der Waals surface area (Å²) in [4.78, 5) is 14.6. The SMILES string of the molecule is CCN(CC)CCC=O.Cc1ccccc1N1CCNCC1. The maximum Gasteiger partial charge on any atom is 0.121 e. The molecular formula is C18H31N3O. The van der Waals surface area contributed by atoms with Crippen molar-refractivity contribution in [1.82, 2.24) is 10.2 Å². The Labute approximate surface area is 135 Å². The van der Waals surface area contributed by atoms with Gasteiger partial charge in [0.05, 0.1) is 0 Å². The van der Waals surface area contributed by atoms with Crippen molar-refractivity contribution in [3.05, 3.63) is 29.8 Å². The zero-order valence-corrected chi connectivity index (χ0v) is 14.3. The summed E-state index contributed by atoms with van der Waals surface area (Å²) in [6, 6.07) is 8.60. The van der Waals surface area contributed by atoms with Gasteiger partial charge in [-0.15, -0.1) is 0 Å². The second-order valence-electron chi connectivity index (χ2n) is 5.51. The van der Waals surface area contributed by atoms with Crippen molar-refractivity contribution in [1.29, 1.82) is 0 Å². The molecule has 1 aromatic rings. The number of nitrogens with zero attached hydrogens (tertiary/aromatic N) is 2. The molecule has 1 saturated heterocycles. The van der Waals surface area contributed by atoms with Crippen LogP contribution in [0.25, 0.3) is 0 Å². The molecule has 0 atom stereocenters. The number of para-hydroxylation sites is 1. The minimum absolute atomic E-state index is 0.668.